The summed E-state index contributed by atoms with van der Waals surface area (Å²) in [5.74, 6) is -0.167. The highest BCUT2D eigenvalue weighted by Crippen LogP contribution is 2.31. The quantitative estimate of drug-likeness (QED) is 0.726. The lowest BCUT2D eigenvalue weighted by atomic mass is 10.00. The first kappa shape index (κ1) is 14.2. The first-order valence-electron chi connectivity index (χ1n) is 7.08. The van der Waals surface area contributed by atoms with Crippen molar-refractivity contribution in [3.05, 3.63) is 70.4 Å². The monoisotopic (exact) mass is 299 g/mol. The summed E-state index contributed by atoms with van der Waals surface area (Å²) in [6, 6.07) is 16.0. The van der Waals surface area contributed by atoms with Crippen LogP contribution < -0.4 is 5.32 Å². The lowest BCUT2D eigenvalue weighted by Crippen LogP contribution is -2.18. The van der Waals surface area contributed by atoms with Crippen molar-refractivity contribution in [3.8, 4) is 0 Å². The Morgan fingerprint density at radius 2 is 1.95 bits per heavy atom. The second-order valence-electron chi connectivity index (χ2n) is 5.30. The molecule has 0 fully saturated rings. The van der Waals surface area contributed by atoms with Crippen molar-refractivity contribution < 1.29 is 4.39 Å². The summed E-state index contributed by atoms with van der Waals surface area (Å²) in [5.41, 5.74) is 2.20. The van der Waals surface area contributed by atoms with Crippen molar-refractivity contribution in [1.29, 1.82) is 0 Å². The number of hydrogen-bond donors (Lipinski definition) is 1. The maximum atomic E-state index is 13.2. The summed E-state index contributed by atoms with van der Waals surface area (Å²) in [5, 5.41) is 4.67. The van der Waals surface area contributed by atoms with Crippen LogP contribution in [0.5, 0.6) is 0 Å². The van der Waals surface area contributed by atoms with Crippen LogP contribution in [-0.2, 0) is 6.42 Å². The van der Waals surface area contributed by atoms with Gasteiger partial charge in [0.25, 0.3) is 0 Å². The molecule has 0 saturated carbocycles. The zero-order valence-corrected chi connectivity index (χ0v) is 13.0. The molecule has 0 aliphatic heterocycles. The fraction of sp³-hybridized carbons (Fsp3) is 0.222. The SMILES string of the molecule is CNC(Cc1ccc(F)cc1C)c1cc2ccccc2s1. The Balaban J connectivity index is 1.90. The zero-order chi connectivity index (χ0) is 14.8. The van der Waals surface area contributed by atoms with Crippen LogP contribution in [0.2, 0.25) is 0 Å². The highest BCUT2D eigenvalue weighted by molar-refractivity contribution is 7.19. The molecule has 1 heterocycles. The molecular formula is C18H18FNS. The van der Waals surface area contributed by atoms with Crippen LogP contribution in [0.4, 0.5) is 4.39 Å². The minimum absolute atomic E-state index is 0.167. The lowest BCUT2D eigenvalue weighted by molar-refractivity contribution is 0.596. The number of benzene rings is 2. The highest BCUT2D eigenvalue weighted by atomic mass is 32.1. The maximum absolute atomic E-state index is 13.2. The van der Waals surface area contributed by atoms with E-state index in [0.29, 0.717) is 0 Å². The minimum Gasteiger partial charge on any atom is -0.312 e. The predicted octanol–water partition coefficient (Wildman–Crippen LogP) is 4.85. The van der Waals surface area contributed by atoms with E-state index in [4.69, 9.17) is 0 Å². The number of halogens is 1. The van der Waals surface area contributed by atoms with Gasteiger partial charge in [0.05, 0.1) is 0 Å². The summed E-state index contributed by atoms with van der Waals surface area (Å²) in [6.45, 7) is 1.97. The average molecular weight is 299 g/mol. The van der Waals surface area contributed by atoms with Gasteiger partial charge in [-0.25, -0.2) is 4.39 Å². The standard InChI is InChI=1S/C18H18FNS/c1-12-9-15(19)8-7-13(12)10-16(20-2)18-11-14-5-3-4-6-17(14)21-18/h3-9,11,16,20H,10H2,1-2H3. The van der Waals surface area contributed by atoms with Gasteiger partial charge in [-0.2, -0.15) is 0 Å². The van der Waals surface area contributed by atoms with Gasteiger partial charge in [0.1, 0.15) is 5.82 Å². The smallest absolute Gasteiger partial charge is 0.123 e. The Morgan fingerprint density at radius 3 is 2.67 bits per heavy atom. The first-order chi connectivity index (χ1) is 10.2. The fourth-order valence-corrected chi connectivity index (χ4v) is 3.80. The molecule has 108 valence electrons. The van der Waals surface area contributed by atoms with E-state index in [0.717, 1.165) is 12.0 Å². The molecule has 0 aliphatic carbocycles. The molecule has 1 nitrogen and oxygen atoms in total. The van der Waals surface area contributed by atoms with Gasteiger partial charge >= 0.3 is 0 Å². The molecule has 3 rings (SSSR count). The summed E-state index contributed by atoms with van der Waals surface area (Å²) in [4.78, 5) is 1.32. The number of aryl methyl sites for hydroxylation is 1. The predicted molar refractivity (Wildman–Crippen MR) is 88.5 cm³/mol. The zero-order valence-electron chi connectivity index (χ0n) is 12.2. The molecule has 1 N–H and O–H groups in total. The highest BCUT2D eigenvalue weighted by Gasteiger charge is 2.14. The molecule has 0 bridgehead atoms. The third kappa shape index (κ3) is 2.99. The number of rotatable bonds is 4. The summed E-state index contributed by atoms with van der Waals surface area (Å²) in [7, 11) is 1.98. The molecule has 0 amide bonds. The molecule has 3 heteroatoms. The molecule has 0 saturated heterocycles. The Kier molecular flexibility index (Phi) is 4.04. The van der Waals surface area contributed by atoms with Gasteiger partial charge in [-0.1, -0.05) is 24.3 Å². The van der Waals surface area contributed by atoms with Crippen LogP contribution in [0.25, 0.3) is 10.1 Å². The molecular weight excluding hydrogens is 281 g/mol. The lowest BCUT2D eigenvalue weighted by Gasteiger charge is -2.16. The second kappa shape index (κ2) is 5.96. The van der Waals surface area contributed by atoms with Crippen molar-refractivity contribution >= 4 is 21.4 Å². The fourth-order valence-electron chi connectivity index (χ4n) is 2.63. The number of thiophene rings is 1. The first-order valence-corrected chi connectivity index (χ1v) is 7.90. The second-order valence-corrected chi connectivity index (χ2v) is 6.42. The largest absolute Gasteiger partial charge is 0.312 e. The third-order valence-electron chi connectivity index (χ3n) is 3.87. The van der Waals surface area contributed by atoms with Crippen molar-refractivity contribution in [1.82, 2.24) is 5.32 Å². The van der Waals surface area contributed by atoms with Crippen LogP contribution in [0.1, 0.15) is 22.0 Å². The summed E-state index contributed by atoms with van der Waals surface area (Å²) in [6.07, 6.45) is 0.870. The topological polar surface area (TPSA) is 12.0 Å². The summed E-state index contributed by atoms with van der Waals surface area (Å²) >= 11 is 1.82. The van der Waals surface area contributed by atoms with Gasteiger partial charge in [-0.05, 0) is 61.2 Å². The van der Waals surface area contributed by atoms with E-state index in [-0.39, 0.29) is 11.9 Å². The van der Waals surface area contributed by atoms with Gasteiger partial charge in [0, 0.05) is 15.6 Å². The van der Waals surface area contributed by atoms with Crippen molar-refractivity contribution in [2.75, 3.05) is 7.05 Å². The van der Waals surface area contributed by atoms with Gasteiger partial charge in [-0.3, -0.25) is 0 Å². The van der Waals surface area contributed by atoms with Crippen molar-refractivity contribution in [2.24, 2.45) is 0 Å². The Bertz CT molecular complexity index is 730. The molecule has 2 aromatic carbocycles. The van der Waals surface area contributed by atoms with Gasteiger partial charge in [-0.15, -0.1) is 11.3 Å². The van der Waals surface area contributed by atoms with E-state index >= 15 is 0 Å². The number of hydrogen-bond acceptors (Lipinski definition) is 2. The van der Waals surface area contributed by atoms with E-state index in [2.05, 4.69) is 35.6 Å². The van der Waals surface area contributed by atoms with Crippen LogP contribution in [-0.4, -0.2) is 7.05 Å². The molecule has 0 spiro atoms. The average Bonchev–Trinajstić information content (AvgIpc) is 2.90. The summed E-state index contributed by atoms with van der Waals surface area (Å²) < 4.78 is 14.5. The third-order valence-corrected chi connectivity index (χ3v) is 5.09. The van der Waals surface area contributed by atoms with E-state index < -0.39 is 0 Å². The van der Waals surface area contributed by atoms with E-state index in [1.165, 1.54) is 20.5 Å². The number of fused-ring (bicyclic) bond motifs is 1. The van der Waals surface area contributed by atoms with Crippen molar-refractivity contribution in [3.63, 3.8) is 0 Å². The van der Waals surface area contributed by atoms with E-state index in [9.17, 15) is 4.39 Å². The Hall–Kier alpha value is -1.71. The van der Waals surface area contributed by atoms with Crippen LogP contribution in [0.3, 0.4) is 0 Å². The van der Waals surface area contributed by atoms with E-state index in [1.54, 1.807) is 12.1 Å². The molecule has 21 heavy (non-hydrogen) atoms. The van der Waals surface area contributed by atoms with E-state index in [1.807, 2.05) is 31.4 Å². The van der Waals surface area contributed by atoms with Gasteiger partial charge in [0.15, 0.2) is 0 Å². The van der Waals surface area contributed by atoms with Crippen LogP contribution in [0.15, 0.2) is 48.5 Å². The Morgan fingerprint density at radius 1 is 1.14 bits per heavy atom. The van der Waals surface area contributed by atoms with Crippen LogP contribution in [0, 0.1) is 12.7 Å². The maximum Gasteiger partial charge on any atom is 0.123 e. The van der Waals surface area contributed by atoms with Crippen LogP contribution >= 0.6 is 11.3 Å². The van der Waals surface area contributed by atoms with Gasteiger partial charge in [0.2, 0.25) is 0 Å². The Labute approximate surface area is 128 Å². The van der Waals surface area contributed by atoms with Gasteiger partial charge < -0.3 is 5.32 Å². The number of likely N-dealkylation sites (N-methyl/N-ethyl adjacent to an activating group) is 1. The molecule has 0 radical (unpaired) electrons. The normalized spacial score (nSPS) is 12.7. The number of nitrogens with one attached hydrogen (secondary N) is 1. The molecule has 0 aliphatic rings. The molecule has 3 aromatic rings. The molecule has 1 atom stereocenters. The van der Waals surface area contributed by atoms with Crippen molar-refractivity contribution in [2.45, 2.75) is 19.4 Å². The molecule has 1 aromatic heterocycles. The molecule has 1 unspecified atom stereocenters. The minimum atomic E-state index is -0.167.